The Balaban J connectivity index is 1.84. The van der Waals surface area contributed by atoms with Crippen molar-refractivity contribution in [2.45, 2.75) is 26.3 Å². The molecule has 142 valence electrons. The highest BCUT2D eigenvalue weighted by molar-refractivity contribution is 5.89. The molecule has 0 aliphatic heterocycles. The first-order valence-corrected chi connectivity index (χ1v) is 8.70. The Morgan fingerprint density at radius 2 is 1.89 bits per heavy atom. The maximum absolute atomic E-state index is 13.1. The topological polar surface area (TPSA) is 56.3 Å². The van der Waals surface area contributed by atoms with E-state index in [9.17, 15) is 8.78 Å². The van der Waals surface area contributed by atoms with Crippen molar-refractivity contribution in [3.05, 3.63) is 53.9 Å². The predicted octanol–water partition coefficient (Wildman–Crippen LogP) is 4.98. The minimum Gasteiger partial charge on any atom is -0.493 e. The number of nitrogens with zero attached hydrogens (tertiary/aromatic N) is 2. The van der Waals surface area contributed by atoms with E-state index in [2.05, 4.69) is 15.3 Å². The summed E-state index contributed by atoms with van der Waals surface area (Å²) in [5, 5.41) is 3.82. The van der Waals surface area contributed by atoms with Crippen molar-refractivity contribution in [1.82, 2.24) is 9.97 Å². The lowest BCUT2D eigenvalue weighted by Gasteiger charge is -2.13. The number of para-hydroxylation sites is 1. The number of fused-ring (bicyclic) bond motifs is 1. The number of alkyl halides is 2. The third-order valence-electron chi connectivity index (χ3n) is 3.97. The van der Waals surface area contributed by atoms with Crippen molar-refractivity contribution in [3.8, 4) is 11.5 Å². The molecule has 1 N–H and O–H groups in total. The van der Waals surface area contributed by atoms with Crippen LogP contribution in [0.2, 0.25) is 0 Å². The first-order chi connectivity index (χ1) is 13.1. The van der Waals surface area contributed by atoms with E-state index >= 15 is 0 Å². The quantitative estimate of drug-likeness (QED) is 0.604. The summed E-state index contributed by atoms with van der Waals surface area (Å²) in [6.45, 7) is 3.04. The number of aromatic nitrogens is 2. The van der Waals surface area contributed by atoms with Gasteiger partial charge in [-0.25, -0.2) is 18.7 Å². The van der Waals surface area contributed by atoms with Crippen LogP contribution in [0.1, 0.15) is 31.2 Å². The largest absolute Gasteiger partial charge is 0.493 e. The Labute approximate surface area is 156 Å². The number of nitrogens with one attached hydrogen (secondary N) is 1. The molecule has 1 heterocycles. The summed E-state index contributed by atoms with van der Waals surface area (Å²) in [7, 11) is 1.58. The molecule has 0 spiro atoms. The minimum absolute atomic E-state index is 0.376. The van der Waals surface area contributed by atoms with Crippen LogP contribution in [0.4, 0.5) is 14.6 Å². The number of benzene rings is 2. The number of methoxy groups -OCH3 is 1. The average molecular weight is 373 g/mol. The van der Waals surface area contributed by atoms with Crippen LogP contribution in [0.5, 0.6) is 11.5 Å². The van der Waals surface area contributed by atoms with Gasteiger partial charge in [0.25, 0.3) is 6.43 Å². The Kier molecular flexibility index (Phi) is 6.01. The SMILES string of the molecule is CCCOc1ccc(CNc2nc(C(F)F)nc3ccccc23)cc1OC. The number of rotatable bonds is 8. The molecule has 0 radical (unpaired) electrons. The van der Waals surface area contributed by atoms with Gasteiger partial charge in [-0.2, -0.15) is 0 Å². The molecule has 0 amide bonds. The summed E-state index contributed by atoms with van der Waals surface area (Å²) in [5.74, 6) is 1.19. The monoisotopic (exact) mass is 373 g/mol. The van der Waals surface area contributed by atoms with Crippen LogP contribution >= 0.6 is 0 Å². The molecule has 0 saturated carbocycles. The summed E-state index contributed by atoms with van der Waals surface area (Å²) in [4.78, 5) is 7.91. The highest BCUT2D eigenvalue weighted by Gasteiger charge is 2.15. The summed E-state index contributed by atoms with van der Waals surface area (Å²) >= 11 is 0. The van der Waals surface area contributed by atoms with E-state index in [1.54, 1.807) is 25.3 Å². The van der Waals surface area contributed by atoms with E-state index in [4.69, 9.17) is 9.47 Å². The number of halogens is 2. The lowest BCUT2D eigenvalue weighted by atomic mass is 10.2. The van der Waals surface area contributed by atoms with Crippen LogP contribution in [-0.4, -0.2) is 23.7 Å². The highest BCUT2D eigenvalue weighted by Crippen LogP contribution is 2.29. The number of hydrogen-bond acceptors (Lipinski definition) is 5. The normalized spacial score (nSPS) is 11.0. The number of hydrogen-bond donors (Lipinski definition) is 1. The van der Waals surface area contributed by atoms with Gasteiger partial charge in [0.2, 0.25) is 0 Å². The van der Waals surface area contributed by atoms with Crippen molar-refractivity contribution in [2.24, 2.45) is 0 Å². The standard InChI is InChI=1S/C20H21F2N3O2/c1-3-10-27-16-9-8-13(11-17(16)26-2)12-23-19-14-6-4-5-7-15(14)24-20(25-19)18(21)22/h4-9,11,18H,3,10,12H2,1-2H3,(H,23,24,25). The molecule has 5 nitrogen and oxygen atoms in total. The smallest absolute Gasteiger partial charge is 0.297 e. The average Bonchev–Trinajstić information content (AvgIpc) is 2.70. The molecule has 0 saturated heterocycles. The highest BCUT2D eigenvalue weighted by atomic mass is 19.3. The molecule has 2 aromatic carbocycles. The molecule has 27 heavy (non-hydrogen) atoms. The maximum atomic E-state index is 13.1. The molecule has 0 aliphatic rings. The van der Waals surface area contributed by atoms with Gasteiger partial charge < -0.3 is 14.8 Å². The molecule has 3 rings (SSSR count). The number of ether oxygens (including phenoxy) is 2. The van der Waals surface area contributed by atoms with E-state index in [1.165, 1.54) is 0 Å². The van der Waals surface area contributed by atoms with Gasteiger partial charge in [0.1, 0.15) is 5.82 Å². The van der Waals surface area contributed by atoms with Gasteiger partial charge in [-0.05, 0) is 36.2 Å². The first-order valence-electron chi connectivity index (χ1n) is 8.70. The zero-order valence-corrected chi connectivity index (χ0v) is 15.2. The fourth-order valence-corrected chi connectivity index (χ4v) is 2.67. The van der Waals surface area contributed by atoms with Gasteiger partial charge in [0.15, 0.2) is 17.3 Å². The van der Waals surface area contributed by atoms with Crippen molar-refractivity contribution < 1.29 is 18.3 Å². The Morgan fingerprint density at radius 3 is 2.63 bits per heavy atom. The first kappa shape index (κ1) is 18.8. The Hall–Kier alpha value is -2.96. The lowest BCUT2D eigenvalue weighted by Crippen LogP contribution is -2.06. The fourth-order valence-electron chi connectivity index (χ4n) is 2.67. The minimum atomic E-state index is -2.73. The summed E-state index contributed by atoms with van der Waals surface area (Å²) in [5.41, 5.74) is 1.39. The summed E-state index contributed by atoms with van der Waals surface area (Å²) in [6, 6.07) is 12.7. The second kappa shape index (κ2) is 8.62. The van der Waals surface area contributed by atoms with Crippen LogP contribution in [0, 0.1) is 0 Å². The van der Waals surface area contributed by atoms with Crippen LogP contribution in [0.15, 0.2) is 42.5 Å². The van der Waals surface area contributed by atoms with Gasteiger partial charge in [-0.3, -0.25) is 0 Å². The van der Waals surface area contributed by atoms with E-state index in [0.717, 1.165) is 12.0 Å². The molecule has 1 aromatic heterocycles. The Morgan fingerprint density at radius 1 is 1.07 bits per heavy atom. The molecule has 0 unspecified atom stereocenters. The molecule has 3 aromatic rings. The zero-order valence-electron chi connectivity index (χ0n) is 15.2. The molecule has 0 fully saturated rings. The van der Waals surface area contributed by atoms with E-state index < -0.39 is 12.2 Å². The molecular weight excluding hydrogens is 352 g/mol. The van der Waals surface area contributed by atoms with E-state index in [0.29, 0.717) is 41.4 Å². The van der Waals surface area contributed by atoms with Crippen LogP contribution in [0.25, 0.3) is 10.9 Å². The van der Waals surface area contributed by atoms with Crippen LogP contribution < -0.4 is 14.8 Å². The molecule has 0 bridgehead atoms. The van der Waals surface area contributed by atoms with Crippen molar-refractivity contribution in [1.29, 1.82) is 0 Å². The third kappa shape index (κ3) is 4.42. The molecule has 0 atom stereocenters. The second-order valence-electron chi connectivity index (χ2n) is 5.94. The lowest BCUT2D eigenvalue weighted by molar-refractivity contribution is 0.141. The van der Waals surface area contributed by atoms with Gasteiger partial charge >= 0.3 is 0 Å². The summed E-state index contributed by atoms with van der Waals surface area (Å²) in [6.07, 6.45) is -1.83. The van der Waals surface area contributed by atoms with Crippen molar-refractivity contribution in [2.75, 3.05) is 19.0 Å². The van der Waals surface area contributed by atoms with Crippen LogP contribution in [-0.2, 0) is 6.54 Å². The fraction of sp³-hybridized carbons (Fsp3) is 0.300. The van der Waals surface area contributed by atoms with Gasteiger partial charge in [0.05, 0.1) is 19.2 Å². The molecule has 7 heteroatoms. The van der Waals surface area contributed by atoms with Crippen LogP contribution in [0.3, 0.4) is 0 Å². The maximum Gasteiger partial charge on any atom is 0.297 e. The van der Waals surface area contributed by atoms with Crippen molar-refractivity contribution >= 4 is 16.7 Å². The van der Waals surface area contributed by atoms with Gasteiger partial charge in [0, 0.05) is 11.9 Å². The summed E-state index contributed by atoms with van der Waals surface area (Å²) < 4.78 is 37.2. The van der Waals surface area contributed by atoms with Gasteiger partial charge in [-0.1, -0.05) is 25.1 Å². The third-order valence-corrected chi connectivity index (χ3v) is 3.97. The zero-order chi connectivity index (χ0) is 19.2. The molecule has 0 aliphatic carbocycles. The Bertz CT molecular complexity index is 919. The van der Waals surface area contributed by atoms with E-state index in [1.807, 2.05) is 31.2 Å². The molecular formula is C20H21F2N3O2. The van der Waals surface area contributed by atoms with Gasteiger partial charge in [-0.15, -0.1) is 0 Å². The predicted molar refractivity (Wildman–Crippen MR) is 101 cm³/mol. The second-order valence-corrected chi connectivity index (χ2v) is 5.94. The van der Waals surface area contributed by atoms with E-state index in [-0.39, 0.29) is 0 Å². The number of anilines is 1. The van der Waals surface area contributed by atoms with Crippen molar-refractivity contribution in [3.63, 3.8) is 0 Å².